The van der Waals surface area contributed by atoms with Crippen LogP contribution in [0.2, 0.25) is 0 Å². The standard InChI is InChI=1S/C21H22N6O2/c1-2-29-20-17(6-4-10-23-20)21(28)27-13-11-26(12-14-27)19-8-7-18(24-25-19)16-5-3-9-22-15-16/h3-10,15H,2,11-14H2,1H3. The lowest BCUT2D eigenvalue weighted by Gasteiger charge is -2.35. The minimum Gasteiger partial charge on any atom is -0.477 e. The Labute approximate surface area is 169 Å². The van der Waals surface area contributed by atoms with E-state index < -0.39 is 0 Å². The number of carbonyl (C=O) groups excluding carboxylic acids is 1. The fourth-order valence-electron chi connectivity index (χ4n) is 3.28. The Balaban J connectivity index is 1.40. The number of ether oxygens (including phenoxy) is 1. The molecule has 8 nitrogen and oxygen atoms in total. The zero-order valence-corrected chi connectivity index (χ0v) is 16.2. The van der Waals surface area contributed by atoms with Crippen molar-refractivity contribution in [2.24, 2.45) is 0 Å². The number of anilines is 1. The molecule has 0 unspecified atom stereocenters. The average molecular weight is 390 g/mol. The van der Waals surface area contributed by atoms with Gasteiger partial charge in [0.25, 0.3) is 5.91 Å². The molecule has 1 amide bonds. The average Bonchev–Trinajstić information content (AvgIpc) is 2.80. The number of rotatable bonds is 5. The molecule has 0 N–H and O–H groups in total. The van der Waals surface area contributed by atoms with Crippen molar-refractivity contribution < 1.29 is 9.53 Å². The third-order valence-electron chi connectivity index (χ3n) is 4.78. The maximum absolute atomic E-state index is 12.9. The third-order valence-corrected chi connectivity index (χ3v) is 4.78. The van der Waals surface area contributed by atoms with Gasteiger partial charge in [0.2, 0.25) is 5.88 Å². The van der Waals surface area contributed by atoms with Crippen molar-refractivity contribution in [1.29, 1.82) is 0 Å². The smallest absolute Gasteiger partial charge is 0.259 e. The highest BCUT2D eigenvalue weighted by Gasteiger charge is 2.25. The molecule has 148 valence electrons. The SMILES string of the molecule is CCOc1ncccc1C(=O)N1CCN(c2ccc(-c3cccnc3)nn2)CC1. The minimum atomic E-state index is -0.0563. The number of aromatic nitrogens is 4. The van der Waals surface area contributed by atoms with Crippen LogP contribution in [0.3, 0.4) is 0 Å². The molecule has 4 heterocycles. The van der Waals surface area contributed by atoms with E-state index in [1.807, 2.05) is 36.1 Å². The number of hydrogen-bond donors (Lipinski definition) is 0. The van der Waals surface area contributed by atoms with Crippen molar-refractivity contribution in [3.8, 4) is 17.1 Å². The first-order chi connectivity index (χ1) is 14.3. The Kier molecular flexibility index (Phi) is 5.60. The quantitative estimate of drug-likeness (QED) is 0.661. The Hall–Kier alpha value is -3.55. The number of amides is 1. The van der Waals surface area contributed by atoms with Gasteiger partial charge in [-0.25, -0.2) is 4.98 Å². The van der Waals surface area contributed by atoms with Crippen LogP contribution in [-0.2, 0) is 0 Å². The first kappa shape index (κ1) is 18.8. The van der Waals surface area contributed by atoms with Crippen LogP contribution < -0.4 is 9.64 Å². The lowest BCUT2D eigenvalue weighted by atomic mass is 10.2. The molecule has 1 aliphatic rings. The number of carbonyl (C=O) groups is 1. The predicted octanol–water partition coefficient (Wildman–Crippen LogP) is 2.29. The van der Waals surface area contributed by atoms with Gasteiger partial charge in [0, 0.05) is 50.3 Å². The van der Waals surface area contributed by atoms with Crippen LogP contribution in [0.15, 0.2) is 55.0 Å². The van der Waals surface area contributed by atoms with Crippen molar-refractivity contribution in [2.75, 3.05) is 37.7 Å². The molecule has 29 heavy (non-hydrogen) atoms. The molecule has 4 rings (SSSR count). The molecular formula is C21H22N6O2. The van der Waals surface area contributed by atoms with Gasteiger partial charge in [-0.1, -0.05) is 0 Å². The van der Waals surface area contributed by atoms with Crippen LogP contribution in [0.1, 0.15) is 17.3 Å². The monoisotopic (exact) mass is 390 g/mol. The van der Waals surface area contributed by atoms with Crippen LogP contribution in [0.5, 0.6) is 5.88 Å². The second kappa shape index (κ2) is 8.64. The zero-order valence-electron chi connectivity index (χ0n) is 16.2. The van der Waals surface area contributed by atoms with Crippen molar-refractivity contribution in [2.45, 2.75) is 6.92 Å². The molecule has 8 heteroatoms. The van der Waals surface area contributed by atoms with Gasteiger partial charge in [-0.15, -0.1) is 10.2 Å². The molecule has 0 radical (unpaired) electrons. The number of pyridine rings is 2. The summed E-state index contributed by atoms with van der Waals surface area (Å²) in [7, 11) is 0. The molecule has 0 aromatic carbocycles. The molecule has 3 aromatic heterocycles. The van der Waals surface area contributed by atoms with E-state index >= 15 is 0 Å². The van der Waals surface area contributed by atoms with Gasteiger partial charge in [0.15, 0.2) is 5.82 Å². The van der Waals surface area contributed by atoms with E-state index in [1.165, 1.54) is 0 Å². The summed E-state index contributed by atoms with van der Waals surface area (Å²) in [4.78, 5) is 25.1. The van der Waals surface area contributed by atoms with Gasteiger partial charge in [-0.3, -0.25) is 9.78 Å². The van der Waals surface area contributed by atoms with Crippen molar-refractivity contribution >= 4 is 11.7 Å². The first-order valence-corrected chi connectivity index (χ1v) is 9.62. The van der Waals surface area contributed by atoms with Gasteiger partial charge >= 0.3 is 0 Å². The maximum Gasteiger partial charge on any atom is 0.259 e. The lowest BCUT2D eigenvalue weighted by molar-refractivity contribution is 0.0741. The summed E-state index contributed by atoms with van der Waals surface area (Å²) >= 11 is 0. The van der Waals surface area contributed by atoms with E-state index in [-0.39, 0.29) is 5.91 Å². The number of hydrogen-bond acceptors (Lipinski definition) is 7. The van der Waals surface area contributed by atoms with Gasteiger partial charge < -0.3 is 14.5 Å². The fourth-order valence-corrected chi connectivity index (χ4v) is 3.28. The normalized spacial score (nSPS) is 14.0. The van der Waals surface area contributed by atoms with Crippen LogP contribution in [-0.4, -0.2) is 63.8 Å². The molecular weight excluding hydrogens is 368 g/mol. The van der Waals surface area contributed by atoms with Crippen molar-refractivity contribution in [1.82, 2.24) is 25.1 Å². The zero-order chi connectivity index (χ0) is 20.1. The molecule has 1 fully saturated rings. The van der Waals surface area contributed by atoms with Crippen molar-refractivity contribution in [3.63, 3.8) is 0 Å². The Morgan fingerprint density at radius 3 is 2.55 bits per heavy atom. The topological polar surface area (TPSA) is 84.3 Å². The minimum absolute atomic E-state index is 0.0563. The highest BCUT2D eigenvalue weighted by atomic mass is 16.5. The highest BCUT2D eigenvalue weighted by Crippen LogP contribution is 2.21. The van der Waals surface area contributed by atoms with Crippen LogP contribution in [0.4, 0.5) is 5.82 Å². The molecule has 0 spiro atoms. The number of nitrogens with zero attached hydrogens (tertiary/aromatic N) is 6. The molecule has 1 saturated heterocycles. The summed E-state index contributed by atoms with van der Waals surface area (Å²) in [6.45, 7) is 4.94. The van der Waals surface area contributed by atoms with Crippen molar-refractivity contribution in [3.05, 3.63) is 60.6 Å². The lowest BCUT2D eigenvalue weighted by Crippen LogP contribution is -2.49. The summed E-state index contributed by atoms with van der Waals surface area (Å²) in [5.41, 5.74) is 2.22. The van der Waals surface area contributed by atoms with Gasteiger partial charge in [-0.2, -0.15) is 0 Å². The first-order valence-electron chi connectivity index (χ1n) is 9.62. The molecule has 0 bridgehead atoms. The maximum atomic E-state index is 12.9. The molecule has 0 aliphatic carbocycles. The summed E-state index contributed by atoms with van der Waals surface area (Å²) in [5.74, 6) is 1.14. The Morgan fingerprint density at radius 1 is 1.03 bits per heavy atom. The van der Waals surface area contributed by atoms with Gasteiger partial charge in [-0.05, 0) is 43.3 Å². The summed E-state index contributed by atoms with van der Waals surface area (Å²) in [5, 5.41) is 8.68. The third kappa shape index (κ3) is 4.16. The summed E-state index contributed by atoms with van der Waals surface area (Å²) in [6, 6.07) is 11.2. The van der Waals surface area contributed by atoms with Crippen LogP contribution >= 0.6 is 0 Å². The second-order valence-corrected chi connectivity index (χ2v) is 6.59. The van der Waals surface area contributed by atoms with E-state index in [1.54, 1.807) is 30.7 Å². The van der Waals surface area contributed by atoms with E-state index in [4.69, 9.17) is 4.74 Å². The largest absolute Gasteiger partial charge is 0.477 e. The summed E-state index contributed by atoms with van der Waals surface area (Å²) < 4.78 is 5.50. The van der Waals surface area contributed by atoms with Crippen LogP contribution in [0.25, 0.3) is 11.3 Å². The highest BCUT2D eigenvalue weighted by molar-refractivity contribution is 5.96. The van der Waals surface area contributed by atoms with Gasteiger partial charge in [0.1, 0.15) is 5.56 Å². The fraction of sp³-hybridized carbons (Fsp3) is 0.286. The van der Waals surface area contributed by atoms with E-state index in [2.05, 4.69) is 25.1 Å². The van der Waals surface area contributed by atoms with Crippen LogP contribution in [0, 0.1) is 0 Å². The Morgan fingerprint density at radius 2 is 1.86 bits per heavy atom. The molecule has 3 aromatic rings. The molecule has 1 aliphatic heterocycles. The summed E-state index contributed by atoms with van der Waals surface area (Å²) in [6.07, 6.45) is 5.13. The van der Waals surface area contributed by atoms with E-state index in [0.29, 0.717) is 44.2 Å². The molecule has 0 atom stereocenters. The van der Waals surface area contributed by atoms with Gasteiger partial charge in [0.05, 0.1) is 12.3 Å². The Bertz CT molecular complexity index is 956. The van der Waals surface area contributed by atoms with E-state index in [0.717, 1.165) is 17.1 Å². The second-order valence-electron chi connectivity index (χ2n) is 6.59. The number of piperazine rings is 1. The predicted molar refractivity (Wildman–Crippen MR) is 109 cm³/mol. The van der Waals surface area contributed by atoms with E-state index in [9.17, 15) is 4.79 Å². The molecule has 0 saturated carbocycles.